The van der Waals surface area contributed by atoms with Crippen LogP contribution in [0.3, 0.4) is 0 Å². The number of ketones is 1. The summed E-state index contributed by atoms with van der Waals surface area (Å²) in [5, 5.41) is 2.04. The molecule has 0 aliphatic carbocycles. The number of Topliss-reactive ketones (excluding diaryl/α,β-unsaturated/α-hetero) is 1. The smallest absolute Gasteiger partial charge is 0.180 e. The summed E-state index contributed by atoms with van der Waals surface area (Å²) in [7, 11) is 0. The summed E-state index contributed by atoms with van der Waals surface area (Å²) in [6, 6.07) is 7.65. The van der Waals surface area contributed by atoms with Gasteiger partial charge in [0.2, 0.25) is 0 Å². The lowest BCUT2D eigenvalue weighted by atomic mass is 10.2. The summed E-state index contributed by atoms with van der Waals surface area (Å²) in [4.78, 5) is 12.8. The van der Waals surface area contributed by atoms with Crippen LogP contribution >= 0.6 is 22.7 Å². The fourth-order valence-corrected chi connectivity index (χ4v) is 3.61. The van der Waals surface area contributed by atoms with Gasteiger partial charge >= 0.3 is 0 Å². The highest BCUT2D eigenvalue weighted by Gasteiger charge is 2.12. The number of fused-ring (bicyclic) bond motifs is 1. The average Bonchev–Trinajstić information content (AvgIpc) is 2.91. The molecule has 0 spiro atoms. The predicted molar refractivity (Wildman–Crippen MR) is 66.4 cm³/mol. The van der Waals surface area contributed by atoms with Gasteiger partial charge in [-0.05, 0) is 29.6 Å². The minimum atomic E-state index is 0.128. The van der Waals surface area contributed by atoms with Crippen molar-refractivity contribution in [3.8, 4) is 0 Å². The normalized spacial score (nSPS) is 11.0. The number of carbonyl (C=O) groups is 1. The third kappa shape index (κ3) is 1.70. The van der Waals surface area contributed by atoms with Gasteiger partial charge in [0.25, 0.3) is 0 Å². The lowest BCUT2D eigenvalue weighted by Crippen LogP contribution is -1.99. The van der Waals surface area contributed by atoms with Gasteiger partial charge in [-0.1, -0.05) is 0 Å². The van der Waals surface area contributed by atoms with Crippen LogP contribution in [0.2, 0.25) is 0 Å². The largest absolute Gasteiger partial charge is 0.469 e. The zero-order valence-electron chi connectivity index (χ0n) is 8.30. The second-order valence-electron chi connectivity index (χ2n) is 3.44. The van der Waals surface area contributed by atoms with Crippen molar-refractivity contribution < 1.29 is 9.21 Å². The molecule has 4 heteroatoms. The van der Waals surface area contributed by atoms with E-state index in [4.69, 9.17) is 4.42 Å². The van der Waals surface area contributed by atoms with Crippen LogP contribution in [0.5, 0.6) is 0 Å². The van der Waals surface area contributed by atoms with E-state index in [1.54, 1.807) is 35.0 Å². The first-order chi connectivity index (χ1) is 7.83. The van der Waals surface area contributed by atoms with E-state index in [1.807, 2.05) is 23.6 Å². The molecule has 0 fully saturated rings. The van der Waals surface area contributed by atoms with Gasteiger partial charge in [-0.15, -0.1) is 22.7 Å². The van der Waals surface area contributed by atoms with Gasteiger partial charge in [0.05, 0.1) is 17.6 Å². The van der Waals surface area contributed by atoms with Gasteiger partial charge in [-0.2, -0.15) is 0 Å². The van der Waals surface area contributed by atoms with Crippen LogP contribution in [-0.4, -0.2) is 5.78 Å². The molecule has 0 unspecified atom stereocenters. The maximum Gasteiger partial charge on any atom is 0.180 e. The summed E-state index contributed by atoms with van der Waals surface area (Å²) in [6.07, 6.45) is 1.94. The Hall–Kier alpha value is -1.39. The highest BCUT2D eigenvalue weighted by Crippen LogP contribution is 2.30. The number of carbonyl (C=O) groups excluding carboxylic acids is 1. The second-order valence-corrected chi connectivity index (χ2v) is 5.47. The van der Waals surface area contributed by atoms with Crippen molar-refractivity contribution in [2.24, 2.45) is 0 Å². The van der Waals surface area contributed by atoms with Crippen molar-refractivity contribution in [1.29, 1.82) is 0 Å². The Labute approximate surface area is 100 Å². The molecular weight excluding hydrogens is 240 g/mol. The maximum atomic E-state index is 11.9. The number of thiophene rings is 2. The fraction of sp³-hybridized carbons (Fsp3) is 0.0833. The first-order valence-electron chi connectivity index (χ1n) is 4.85. The Kier molecular flexibility index (Phi) is 2.38. The number of hydrogen-bond donors (Lipinski definition) is 0. The maximum absolute atomic E-state index is 11.9. The van der Waals surface area contributed by atoms with Crippen molar-refractivity contribution in [2.45, 2.75) is 6.42 Å². The van der Waals surface area contributed by atoms with Gasteiger partial charge in [-0.3, -0.25) is 4.79 Å². The van der Waals surface area contributed by atoms with E-state index in [9.17, 15) is 4.79 Å². The SMILES string of the molecule is O=C(Cc1ccco1)c1cc2sccc2s1. The predicted octanol–water partition coefficient (Wildman–Crippen LogP) is 3.98. The van der Waals surface area contributed by atoms with Gasteiger partial charge in [-0.25, -0.2) is 0 Å². The summed E-state index contributed by atoms with van der Waals surface area (Å²) in [6.45, 7) is 0. The third-order valence-electron chi connectivity index (χ3n) is 2.33. The van der Waals surface area contributed by atoms with Gasteiger partial charge in [0.15, 0.2) is 5.78 Å². The van der Waals surface area contributed by atoms with Crippen LogP contribution in [0.4, 0.5) is 0 Å². The molecule has 3 heterocycles. The molecule has 0 bridgehead atoms. The minimum absolute atomic E-state index is 0.128. The van der Waals surface area contributed by atoms with Crippen LogP contribution in [0.25, 0.3) is 9.40 Å². The second kappa shape index (κ2) is 3.88. The zero-order chi connectivity index (χ0) is 11.0. The van der Waals surface area contributed by atoms with E-state index in [0.29, 0.717) is 6.42 Å². The lowest BCUT2D eigenvalue weighted by Gasteiger charge is -1.93. The van der Waals surface area contributed by atoms with Crippen molar-refractivity contribution in [3.05, 3.63) is 46.5 Å². The Morgan fingerprint density at radius 1 is 1.31 bits per heavy atom. The first-order valence-corrected chi connectivity index (χ1v) is 6.55. The average molecular weight is 248 g/mol. The van der Waals surface area contributed by atoms with E-state index in [2.05, 4.69) is 0 Å². The minimum Gasteiger partial charge on any atom is -0.469 e. The van der Waals surface area contributed by atoms with Crippen molar-refractivity contribution in [1.82, 2.24) is 0 Å². The highest BCUT2D eigenvalue weighted by atomic mass is 32.1. The molecule has 3 aromatic heterocycles. The standard InChI is InChI=1S/C12H8O2S2/c13-9(6-8-2-1-4-14-8)11-7-12-10(16-11)3-5-15-12/h1-5,7H,6H2. The molecule has 0 aromatic carbocycles. The number of rotatable bonds is 3. The monoisotopic (exact) mass is 248 g/mol. The summed E-state index contributed by atoms with van der Waals surface area (Å²) in [5.74, 6) is 0.852. The molecule has 0 saturated heterocycles. The molecule has 80 valence electrons. The molecular formula is C12H8O2S2. The quantitative estimate of drug-likeness (QED) is 0.656. The van der Waals surface area contributed by atoms with Gasteiger partial charge in [0, 0.05) is 9.40 Å². The van der Waals surface area contributed by atoms with Gasteiger partial charge < -0.3 is 4.42 Å². The Morgan fingerprint density at radius 2 is 2.25 bits per heavy atom. The molecule has 0 amide bonds. The molecule has 2 nitrogen and oxygen atoms in total. The topological polar surface area (TPSA) is 30.2 Å². The van der Waals surface area contributed by atoms with Gasteiger partial charge in [0.1, 0.15) is 5.76 Å². The number of furan rings is 1. The van der Waals surface area contributed by atoms with Crippen LogP contribution in [0.15, 0.2) is 40.3 Å². The molecule has 0 N–H and O–H groups in total. The van der Waals surface area contributed by atoms with Crippen LogP contribution in [0.1, 0.15) is 15.4 Å². The van der Waals surface area contributed by atoms with Crippen LogP contribution in [-0.2, 0) is 6.42 Å². The summed E-state index contributed by atoms with van der Waals surface area (Å²) < 4.78 is 7.54. The molecule has 3 rings (SSSR count). The van der Waals surface area contributed by atoms with Crippen molar-refractivity contribution >= 4 is 37.9 Å². The third-order valence-corrected chi connectivity index (χ3v) is 4.46. The molecule has 0 aliphatic rings. The van der Waals surface area contributed by atoms with E-state index < -0.39 is 0 Å². The Morgan fingerprint density at radius 3 is 3.00 bits per heavy atom. The lowest BCUT2D eigenvalue weighted by molar-refractivity contribution is 0.0991. The molecule has 0 atom stereocenters. The van der Waals surface area contributed by atoms with E-state index in [0.717, 1.165) is 10.6 Å². The van der Waals surface area contributed by atoms with Crippen LogP contribution in [0, 0.1) is 0 Å². The molecule has 0 aliphatic heterocycles. The van der Waals surface area contributed by atoms with Crippen LogP contribution < -0.4 is 0 Å². The molecule has 0 radical (unpaired) electrons. The molecule has 0 saturated carbocycles. The van der Waals surface area contributed by atoms with E-state index in [-0.39, 0.29) is 5.78 Å². The molecule has 3 aromatic rings. The molecule has 16 heavy (non-hydrogen) atoms. The number of hydrogen-bond acceptors (Lipinski definition) is 4. The zero-order valence-corrected chi connectivity index (χ0v) is 9.94. The first kappa shape index (κ1) is 9.81. The Balaban J connectivity index is 1.87. The fourth-order valence-electron chi connectivity index (χ4n) is 1.56. The summed E-state index contributed by atoms with van der Waals surface area (Å²) in [5.41, 5.74) is 0. The summed E-state index contributed by atoms with van der Waals surface area (Å²) >= 11 is 3.22. The highest BCUT2D eigenvalue weighted by molar-refractivity contribution is 7.27. The Bertz CT molecular complexity index is 588. The van der Waals surface area contributed by atoms with E-state index in [1.165, 1.54) is 9.40 Å². The van der Waals surface area contributed by atoms with Crippen molar-refractivity contribution in [2.75, 3.05) is 0 Å². The van der Waals surface area contributed by atoms with E-state index >= 15 is 0 Å². The van der Waals surface area contributed by atoms with Crippen molar-refractivity contribution in [3.63, 3.8) is 0 Å².